The number of para-hydroxylation sites is 1. The monoisotopic (exact) mass is 456 g/mol. The first kappa shape index (κ1) is 22.0. The van der Waals surface area contributed by atoms with Crippen molar-refractivity contribution in [3.63, 3.8) is 0 Å². The van der Waals surface area contributed by atoms with Crippen LogP contribution in [0.2, 0.25) is 0 Å². The van der Waals surface area contributed by atoms with Crippen LogP contribution in [0.1, 0.15) is 40.9 Å². The Hall–Kier alpha value is -3.26. The molecule has 8 heteroatoms. The summed E-state index contributed by atoms with van der Waals surface area (Å²) >= 11 is 0. The SMILES string of the molecule is C[C@H](NC(=O)c1ccc(S(=O)(=O)N2CCCc3ccccc32)cc1)c1ccc(F)c(F)c1. The average Bonchev–Trinajstić information content (AvgIpc) is 2.80. The number of carbonyl (C=O) groups is 1. The molecular weight excluding hydrogens is 434 g/mol. The lowest BCUT2D eigenvalue weighted by Crippen LogP contribution is -2.35. The number of nitrogens with one attached hydrogen (secondary N) is 1. The molecule has 0 fully saturated rings. The van der Waals surface area contributed by atoms with Gasteiger partial charge in [0.15, 0.2) is 11.6 Å². The Balaban J connectivity index is 1.51. The molecule has 0 spiro atoms. The molecule has 0 saturated heterocycles. The lowest BCUT2D eigenvalue weighted by molar-refractivity contribution is 0.0939. The Morgan fingerprint density at radius 1 is 1.00 bits per heavy atom. The van der Waals surface area contributed by atoms with E-state index in [0.717, 1.165) is 30.5 Å². The molecule has 4 rings (SSSR count). The van der Waals surface area contributed by atoms with Crippen LogP contribution in [0, 0.1) is 11.6 Å². The fourth-order valence-corrected chi connectivity index (χ4v) is 5.34. The Labute approximate surface area is 185 Å². The summed E-state index contributed by atoms with van der Waals surface area (Å²) in [6, 6.07) is 16.0. The van der Waals surface area contributed by atoms with Gasteiger partial charge in [-0.15, -0.1) is 0 Å². The van der Waals surface area contributed by atoms with Gasteiger partial charge in [0.25, 0.3) is 15.9 Å². The van der Waals surface area contributed by atoms with Crippen molar-refractivity contribution in [3.05, 3.63) is 95.1 Å². The van der Waals surface area contributed by atoms with Gasteiger partial charge in [0, 0.05) is 12.1 Å². The van der Waals surface area contributed by atoms with Gasteiger partial charge in [0.2, 0.25) is 0 Å². The zero-order chi connectivity index (χ0) is 22.9. The molecule has 1 amide bonds. The van der Waals surface area contributed by atoms with Gasteiger partial charge in [0.1, 0.15) is 0 Å². The maximum absolute atomic E-state index is 13.5. The molecule has 1 heterocycles. The third-order valence-electron chi connectivity index (χ3n) is 5.56. The van der Waals surface area contributed by atoms with Gasteiger partial charge >= 0.3 is 0 Å². The standard InChI is InChI=1S/C24H22F2N2O3S/c1-16(19-10-13-21(25)22(26)15-19)27-24(29)18-8-11-20(12-9-18)32(30,31)28-14-4-6-17-5-2-3-7-23(17)28/h2-3,5,7-13,15-16H,4,6,14H2,1H3,(H,27,29)/t16-/m0/s1. The van der Waals surface area contributed by atoms with Crippen LogP contribution in [-0.2, 0) is 16.4 Å². The molecule has 166 valence electrons. The second-order valence-electron chi connectivity index (χ2n) is 7.70. The summed E-state index contributed by atoms with van der Waals surface area (Å²) < 4.78 is 54.4. The number of benzene rings is 3. The number of carbonyl (C=O) groups excluding carboxylic acids is 1. The van der Waals surface area contributed by atoms with Crippen LogP contribution < -0.4 is 9.62 Å². The largest absolute Gasteiger partial charge is 0.346 e. The van der Waals surface area contributed by atoms with Crippen LogP contribution in [0.3, 0.4) is 0 Å². The van der Waals surface area contributed by atoms with Crippen LogP contribution in [-0.4, -0.2) is 20.9 Å². The lowest BCUT2D eigenvalue weighted by atomic mass is 10.0. The van der Waals surface area contributed by atoms with E-state index < -0.39 is 33.6 Å². The lowest BCUT2D eigenvalue weighted by Gasteiger charge is -2.30. The van der Waals surface area contributed by atoms with Gasteiger partial charge in [-0.05, 0) is 73.4 Å². The summed E-state index contributed by atoms with van der Waals surface area (Å²) in [5.74, 6) is -2.40. The van der Waals surface area contributed by atoms with Crippen molar-refractivity contribution in [2.75, 3.05) is 10.8 Å². The van der Waals surface area contributed by atoms with E-state index in [-0.39, 0.29) is 10.5 Å². The molecule has 1 atom stereocenters. The normalized spacial score (nSPS) is 14.5. The van der Waals surface area contributed by atoms with E-state index in [1.807, 2.05) is 18.2 Å². The van der Waals surface area contributed by atoms with E-state index in [1.165, 1.54) is 34.6 Å². The van der Waals surface area contributed by atoms with Gasteiger partial charge in [-0.2, -0.15) is 0 Å². The summed E-state index contributed by atoms with van der Waals surface area (Å²) in [5, 5.41) is 2.71. The number of sulfonamides is 1. The highest BCUT2D eigenvalue weighted by Gasteiger charge is 2.29. The number of rotatable bonds is 5. The number of anilines is 1. The molecule has 0 aromatic heterocycles. The van der Waals surface area contributed by atoms with Crippen molar-refractivity contribution >= 4 is 21.6 Å². The second kappa shape index (κ2) is 8.70. The Bertz CT molecular complexity index is 1260. The highest BCUT2D eigenvalue weighted by Crippen LogP contribution is 2.31. The van der Waals surface area contributed by atoms with Gasteiger partial charge in [-0.25, -0.2) is 17.2 Å². The van der Waals surface area contributed by atoms with E-state index >= 15 is 0 Å². The summed E-state index contributed by atoms with van der Waals surface area (Å²) in [6.07, 6.45) is 1.57. The third-order valence-corrected chi connectivity index (χ3v) is 7.39. The molecule has 1 aliphatic rings. The molecule has 0 unspecified atom stereocenters. The van der Waals surface area contributed by atoms with E-state index in [0.29, 0.717) is 17.8 Å². The topological polar surface area (TPSA) is 66.5 Å². The average molecular weight is 457 g/mol. The van der Waals surface area contributed by atoms with Gasteiger partial charge in [0.05, 0.1) is 16.6 Å². The van der Waals surface area contributed by atoms with Crippen LogP contribution in [0.4, 0.5) is 14.5 Å². The number of fused-ring (bicyclic) bond motifs is 1. The van der Waals surface area contributed by atoms with Crippen molar-refractivity contribution < 1.29 is 22.0 Å². The van der Waals surface area contributed by atoms with Gasteiger partial charge in [-0.1, -0.05) is 24.3 Å². The smallest absolute Gasteiger partial charge is 0.264 e. The van der Waals surface area contributed by atoms with Crippen LogP contribution >= 0.6 is 0 Å². The first-order valence-electron chi connectivity index (χ1n) is 10.2. The predicted octanol–water partition coefficient (Wildman–Crippen LogP) is 4.60. The summed E-state index contributed by atoms with van der Waals surface area (Å²) in [7, 11) is -3.77. The zero-order valence-electron chi connectivity index (χ0n) is 17.4. The van der Waals surface area contributed by atoms with Gasteiger partial charge in [-0.3, -0.25) is 9.10 Å². The molecule has 5 nitrogen and oxygen atoms in total. The molecule has 3 aromatic rings. The minimum absolute atomic E-state index is 0.0967. The molecular formula is C24H22F2N2O3S. The number of hydrogen-bond donors (Lipinski definition) is 1. The van der Waals surface area contributed by atoms with E-state index in [9.17, 15) is 22.0 Å². The predicted molar refractivity (Wildman–Crippen MR) is 118 cm³/mol. The van der Waals surface area contributed by atoms with Crippen molar-refractivity contribution in [3.8, 4) is 0 Å². The number of halogens is 2. The fourth-order valence-electron chi connectivity index (χ4n) is 3.80. The van der Waals surface area contributed by atoms with E-state index in [2.05, 4.69) is 5.32 Å². The van der Waals surface area contributed by atoms with Gasteiger partial charge < -0.3 is 5.32 Å². The molecule has 1 N–H and O–H groups in total. The summed E-state index contributed by atoms with van der Waals surface area (Å²) in [6.45, 7) is 2.05. The first-order valence-corrected chi connectivity index (χ1v) is 11.7. The molecule has 0 bridgehead atoms. The minimum atomic E-state index is -3.77. The van der Waals surface area contributed by atoms with Crippen molar-refractivity contribution in [2.24, 2.45) is 0 Å². The molecule has 32 heavy (non-hydrogen) atoms. The first-order chi connectivity index (χ1) is 15.3. The van der Waals surface area contributed by atoms with Crippen LogP contribution in [0.25, 0.3) is 0 Å². The second-order valence-corrected chi connectivity index (χ2v) is 9.56. The van der Waals surface area contributed by atoms with Crippen molar-refractivity contribution in [1.29, 1.82) is 0 Å². The number of nitrogens with zero attached hydrogens (tertiary/aromatic N) is 1. The fraction of sp³-hybridized carbons (Fsp3) is 0.208. The van der Waals surface area contributed by atoms with E-state index in [4.69, 9.17) is 0 Å². The van der Waals surface area contributed by atoms with Crippen molar-refractivity contribution in [2.45, 2.75) is 30.7 Å². The quantitative estimate of drug-likeness (QED) is 0.610. The van der Waals surface area contributed by atoms with E-state index in [1.54, 1.807) is 13.0 Å². The molecule has 1 aliphatic heterocycles. The minimum Gasteiger partial charge on any atom is -0.346 e. The summed E-state index contributed by atoms with van der Waals surface area (Å²) in [5.41, 5.74) is 2.35. The van der Waals surface area contributed by atoms with Crippen molar-refractivity contribution in [1.82, 2.24) is 5.32 Å². The highest BCUT2D eigenvalue weighted by molar-refractivity contribution is 7.92. The van der Waals surface area contributed by atoms with Crippen LogP contribution in [0.5, 0.6) is 0 Å². The number of aryl methyl sites for hydroxylation is 1. The highest BCUT2D eigenvalue weighted by atomic mass is 32.2. The zero-order valence-corrected chi connectivity index (χ0v) is 18.2. The maximum Gasteiger partial charge on any atom is 0.264 e. The van der Waals surface area contributed by atoms with Crippen LogP contribution in [0.15, 0.2) is 71.6 Å². The Morgan fingerprint density at radius 2 is 1.72 bits per heavy atom. The Morgan fingerprint density at radius 3 is 2.44 bits per heavy atom. The number of hydrogen-bond acceptors (Lipinski definition) is 3. The third kappa shape index (κ3) is 4.23. The Kier molecular flexibility index (Phi) is 5.97. The number of amides is 1. The summed E-state index contributed by atoms with van der Waals surface area (Å²) in [4.78, 5) is 12.7. The molecule has 3 aromatic carbocycles. The maximum atomic E-state index is 13.5. The molecule has 0 aliphatic carbocycles. The molecule has 0 radical (unpaired) electrons. The molecule has 0 saturated carbocycles.